The summed E-state index contributed by atoms with van der Waals surface area (Å²) in [4.78, 5) is 6.23. The van der Waals surface area contributed by atoms with Crippen molar-refractivity contribution in [2.24, 2.45) is 4.99 Å². The number of ether oxygens (including phenoxy) is 1. The van der Waals surface area contributed by atoms with Crippen LogP contribution in [-0.4, -0.2) is 39.0 Å². The van der Waals surface area contributed by atoms with Crippen molar-refractivity contribution >= 4 is 18.1 Å². The van der Waals surface area contributed by atoms with Gasteiger partial charge in [-0.1, -0.05) is 19.1 Å². The van der Waals surface area contributed by atoms with E-state index in [1.807, 2.05) is 6.92 Å². The lowest BCUT2D eigenvalue weighted by molar-refractivity contribution is 0.340. The highest BCUT2D eigenvalue weighted by Gasteiger charge is 2.20. The molecule has 5 nitrogen and oxygen atoms in total. The molecule has 2 rings (SSSR count). The second-order valence-electron chi connectivity index (χ2n) is 6.39. The van der Waals surface area contributed by atoms with Crippen LogP contribution in [0.1, 0.15) is 39.2 Å². The number of nitrogens with one attached hydrogen (secondary N) is 2. The third-order valence-electron chi connectivity index (χ3n) is 4.33. The van der Waals surface area contributed by atoms with E-state index >= 15 is 0 Å². The summed E-state index contributed by atoms with van der Waals surface area (Å²) in [5.41, 5.74) is 3.11. The van der Waals surface area contributed by atoms with E-state index in [0.717, 1.165) is 55.2 Å². The molecule has 1 heterocycles. The van der Waals surface area contributed by atoms with Gasteiger partial charge in [0.25, 0.3) is 0 Å². The van der Waals surface area contributed by atoms with E-state index in [9.17, 15) is 0 Å². The molecule has 0 fully saturated rings. The Morgan fingerprint density at radius 2 is 2.19 bits per heavy atom. The molecule has 0 saturated heterocycles. The predicted molar refractivity (Wildman–Crippen MR) is 112 cm³/mol. The van der Waals surface area contributed by atoms with E-state index in [0.29, 0.717) is 12.6 Å². The number of rotatable bonds is 11. The van der Waals surface area contributed by atoms with Crippen LogP contribution in [0.25, 0.3) is 5.70 Å². The fourth-order valence-corrected chi connectivity index (χ4v) is 3.02. The molecule has 5 heteroatoms. The zero-order chi connectivity index (χ0) is 18.8. The lowest BCUT2D eigenvalue weighted by Gasteiger charge is -2.25. The van der Waals surface area contributed by atoms with Gasteiger partial charge < -0.3 is 20.3 Å². The molecule has 1 aromatic carbocycles. The van der Waals surface area contributed by atoms with Gasteiger partial charge in [-0.2, -0.15) is 0 Å². The summed E-state index contributed by atoms with van der Waals surface area (Å²) >= 11 is 0. The van der Waals surface area contributed by atoms with Gasteiger partial charge in [0.1, 0.15) is 5.75 Å². The first-order valence-corrected chi connectivity index (χ1v) is 9.54. The van der Waals surface area contributed by atoms with Crippen molar-refractivity contribution in [2.45, 2.75) is 39.7 Å². The molecule has 1 aromatic rings. The molecule has 0 aromatic heterocycles. The first kappa shape index (κ1) is 20.0. The van der Waals surface area contributed by atoms with Crippen molar-refractivity contribution in [3.63, 3.8) is 0 Å². The molecule has 0 saturated carbocycles. The van der Waals surface area contributed by atoms with Gasteiger partial charge in [0.2, 0.25) is 0 Å². The molecule has 0 radical (unpaired) electrons. The van der Waals surface area contributed by atoms with Crippen LogP contribution in [0.15, 0.2) is 41.7 Å². The maximum atomic E-state index is 5.94. The van der Waals surface area contributed by atoms with Crippen LogP contribution in [0.3, 0.4) is 0 Å². The van der Waals surface area contributed by atoms with Crippen LogP contribution in [0.4, 0.5) is 5.69 Å². The van der Waals surface area contributed by atoms with Gasteiger partial charge in [-0.15, -0.1) is 0 Å². The Balaban J connectivity index is 2.18. The fourth-order valence-electron chi connectivity index (χ4n) is 3.02. The summed E-state index contributed by atoms with van der Waals surface area (Å²) in [6, 6.07) is 6.77. The van der Waals surface area contributed by atoms with Crippen LogP contribution in [0.5, 0.6) is 5.75 Å². The molecule has 1 aliphatic heterocycles. The number of benzene rings is 1. The Bertz CT molecular complexity index is 639. The Morgan fingerprint density at radius 3 is 2.85 bits per heavy atom. The van der Waals surface area contributed by atoms with Crippen molar-refractivity contribution in [1.29, 1.82) is 0 Å². The molecular formula is C21H32N4O. The van der Waals surface area contributed by atoms with Crippen molar-refractivity contribution < 1.29 is 4.74 Å². The quantitative estimate of drug-likeness (QED) is 0.468. The second kappa shape index (κ2) is 10.7. The highest BCUT2D eigenvalue weighted by molar-refractivity contribution is 5.72. The minimum absolute atomic E-state index is 0.452. The van der Waals surface area contributed by atoms with Gasteiger partial charge in [-0.05, 0) is 52.1 Å². The molecule has 0 amide bonds. The Labute approximate surface area is 157 Å². The summed E-state index contributed by atoms with van der Waals surface area (Å²) in [5.74, 6) is 0.893. The average molecular weight is 357 g/mol. The van der Waals surface area contributed by atoms with Gasteiger partial charge >= 0.3 is 0 Å². The Hall–Kier alpha value is -2.27. The first-order chi connectivity index (χ1) is 12.7. The van der Waals surface area contributed by atoms with Gasteiger partial charge in [0, 0.05) is 37.1 Å². The third kappa shape index (κ3) is 5.36. The highest BCUT2D eigenvalue weighted by atomic mass is 16.5. The molecule has 0 bridgehead atoms. The van der Waals surface area contributed by atoms with E-state index in [2.05, 4.69) is 71.6 Å². The monoisotopic (exact) mass is 356 g/mol. The standard InChI is InChI=1S/C21H32N4O/c1-5-11-23-12-13-24-19(16-22-4)18-9-10-20(21(15-18)26-6-2)25-14-7-8-17(25)3/h7,9-10,14-17,23-24H,4-6,8,11-13H2,1-3H3/b19-16-. The molecule has 1 unspecified atom stereocenters. The maximum absolute atomic E-state index is 5.94. The lowest BCUT2D eigenvalue weighted by Crippen LogP contribution is -2.27. The SMILES string of the molecule is C=N/C=C(\NCCNCCC)c1ccc(N2C=CCC2C)c(OCC)c1. The van der Waals surface area contributed by atoms with E-state index < -0.39 is 0 Å². The largest absolute Gasteiger partial charge is 0.492 e. The normalized spacial score (nSPS) is 16.8. The van der Waals surface area contributed by atoms with Crippen molar-refractivity contribution in [2.75, 3.05) is 31.1 Å². The van der Waals surface area contributed by atoms with Gasteiger partial charge in [0.05, 0.1) is 18.0 Å². The summed E-state index contributed by atoms with van der Waals surface area (Å²) < 4.78 is 5.94. The number of aliphatic imine (C=N–C) groups is 1. The fraction of sp³-hybridized carbons (Fsp3) is 0.476. The molecule has 0 aliphatic carbocycles. The highest BCUT2D eigenvalue weighted by Crippen LogP contribution is 2.35. The van der Waals surface area contributed by atoms with E-state index in [-0.39, 0.29) is 0 Å². The van der Waals surface area contributed by atoms with Crippen molar-refractivity contribution in [1.82, 2.24) is 10.6 Å². The van der Waals surface area contributed by atoms with Crippen LogP contribution in [-0.2, 0) is 0 Å². The minimum Gasteiger partial charge on any atom is -0.492 e. The summed E-state index contributed by atoms with van der Waals surface area (Å²) in [7, 11) is 0. The van der Waals surface area contributed by atoms with Crippen LogP contribution < -0.4 is 20.3 Å². The van der Waals surface area contributed by atoms with Crippen LogP contribution >= 0.6 is 0 Å². The smallest absolute Gasteiger partial charge is 0.143 e. The van der Waals surface area contributed by atoms with Crippen molar-refractivity contribution in [3.05, 3.63) is 42.2 Å². The third-order valence-corrected chi connectivity index (χ3v) is 4.33. The average Bonchev–Trinajstić information content (AvgIpc) is 3.07. The number of anilines is 1. The molecule has 0 spiro atoms. The molecule has 1 atom stereocenters. The zero-order valence-electron chi connectivity index (χ0n) is 16.3. The molecule has 1 aliphatic rings. The zero-order valence-corrected chi connectivity index (χ0v) is 16.3. The summed E-state index contributed by atoms with van der Waals surface area (Å²) in [6.07, 6.45) is 8.31. The second-order valence-corrected chi connectivity index (χ2v) is 6.39. The van der Waals surface area contributed by atoms with E-state index in [1.165, 1.54) is 0 Å². The Kier molecular flexibility index (Phi) is 8.22. The molecule has 2 N–H and O–H groups in total. The summed E-state index contributed by atoms with van der Waals surface area (Å²) in [5, 5.41) is 6.84. The first-order valence-electron chi connectivity index (χ1n) is 9.54. The Morgan fingerprint density at radius 1 is 1.35 bits per heavy atom. The topological polar surface area (TPSA) is 48.9 Å². The van der Waals surface area contributed by atoms with E-state index in [4.69, 9.17) is 4.74 Å². The van der Waals surface area contributed by atoms with E-state index in [1.54, 1.807) is 6.20 Å². The predicted octanol–water partition coefficient (Wildman–Crippen LogP) is 3.79. The maximum Gasteiger partial charge on any atom is 0.143 e. The molecule has 26 heavy (non-hydrogen) atoms. The van der Waals surface area contributed by atoms with Crippen LogP contribution in [0, 0.1) is 0 Å². The van der Waals surface area contributed by atoms with Gasteiger partial charge in [-0.3, -0.25) is 4.99 Å². The number of hydrogen-bond acceptors (Lipinski definition) is 5. The summed E-state index contributed by atoms with van der Waals surface area (Å²) in [6.45, 7) is 13.4. The molecular weight excluding hydrogens is 324 g/mol. The van der Waals surface area contributed by atoms with Crippen molar-refractivity contribution in [3.8, 4) is 5.75 Å². The van der Waals surface area contributed by atoms with Gasteiger partial charge in [-0.25, -0.2) is 0 Å². The number of hydrogen-bond donors (Lipinski definition) is 2. The van der Waals surface area contributed by atoms with Crippen LogP contribution in [0.2, 0.25) is 0 Å². The number of nitrogens with zero attached hydrogens (tertiary/aromatic N) is 2. The van der Waals surface area contributed by atoms with Gasteiger partial charge in [0.15, 0.2) is 0 Å². The lowest BCUT2D eigenvalue weighted by atomic mass is 10.1. The minimum atomic E-state index is 0.452. The molecule has 142 valence electrons.